The normalized spacial score (nSPS) is 16.2. The first-order valence-corrected chi connectivity index (χ1v) is 11.9. The lowest BCUT2D eigenvalue weighted by molar-refractivity contribution is -0.140. The topological polar surface area (TPSA) is 66.4 Å². The van der Waals surface area contributed by atoms with Gasteiger partial charge in [0.05, 0.1) is 21.7 Å². The highest BCUT2D eigenvalue weighted by atomic mass is 32.2. The first-order chi connectivity index (χ1) is 14.8. The summed E-state index contributed by atoms with van der Waals surface area (Å²) < 4.78 is 106. The minimum atomic E-state index is -4.83. The Morgan fingerprint density at radius 2 is 1.47 bits per heavy atom. The molecule has 0 spiro atoms. The average Bonchev–Trinajstić information content (AvgIpc) is 2.66. The number of thioether (sulfide) groups is 1. The van der Waals surface area contributed by atoms with Crippen LogP contribution in [-0.2, 0) is 22.4 Å². The van der Waals surface area contributed by atoms with Crippen molar-refractivity contribution in [3.8, 4) is 5.75 Å². The molecule has 0 aliphatic heterocycles. The molecule has 0 aromatic heterocycles. The van der Waals surface area contributed by atoms with Gasteiger partial charge in [-0.2, -0.15) is 26.3 Å². The lowest BCUT2D eigenvalue weighted by Crippen LogP contribution is -2.16. The molecule has 0 atom stereocenters. The second-order valence-electron chi connectivity index (χ2n) is 7.37. The van der Waals surface area contributed by atoms with Gasteiger partial charge >= 0.3 is 12.4 Å². The second-order valence-corrected chi connectivity index (χ2v) is 10.4. The molecule has 3 rings (SSSR count). The zero-order valence-electron chi connectivity index (χ0n) is 16.4. The van der Waals surface area contributed by atoms with Crippen molar-refractivity contribution in [3.05, 3.63) is 47.5 Å². The molecular weight excluding hydrogens is 480 g/mol. The molecule has 4 nitrogen and oxygen atoms in total. The molecule has 0 amide bonds. The number of halogens is 6. The molecule has 0 bridgehead atoms. The fourth-order valence-electron chi connectivity index (χ4n) is 3.41. The predicted molar refractivity (Wildman–Crippen MR) is 108 cm³/mol. The summed E-state index contributed by atoms with van der Waals surface area (Å²) in [6, 6.07) is 4.30. The Labute approximate surface area is 185 Å². The molecule has 2 aromatic carbocycles. The molecule has 0 radical (unpaired) electrons. The van der Waals surface area contributed by atoms with Crippen LogP contribution in [0.2, 0.25) is 0 Å². The number of rotatable bonds is 5. The highest BCUT2D eigenvalue weighted by Gasteiger charge is 2.36. The molecule has 0 saturated heterocycles. The maximum atomic E-state index is 13.5. The lowest BCUT2D eigenvalue weighted by Gasteiger charge is -2.23. The summed E-state index contributed by atoms with van der Waals surface area (Å²) in [6.45, 7) is 0. The molecule has 1 fully saturated rings. The highest BCUT2D eigenvalue weighted by molar-refractivity contribution is 8.00. The van der Waals surface area contributed by atoms with E-state index in [0.717, 1.165) is 62.1 Å². The van der Waals surface area contributed by atoms with Gasteiger partial charge in [0.15, 0.2) is 0 Å². The predicted octanol–water partition coefficient (Wildman–Crippen LogP) is 6.66. The minimum absolute atomic E-state index is 0.0670. The number of anilines is 1. The van der Waals surface area contributed by atoms with E-state index in [1.165, 1.54) is 0 Å². The first-order valence-electron chi connectivity index (χ1n) is 9.58. The van der Waals surface area contributed by atoms with Crippen LogP contribution in [0.15, 0.2) is 46.2 Å². The third kappa shape index (κ3) is 5.83. The molecule has 2 aromatic rings. The van der Waals surface area contributed by atoms with Crippen molar-refractivity contribution >= 4 is 27.5 Å². The van der Waals surface area contributed by atoms with Crippen LogP contribution in [0.4, 0.5) is 32.0 Å². The van der Waals surface area contributed by atoms with Gasteiger partial charge in [0.1, 0.15) is 5.75 Å². The summed E-state index contributed by atoms with van der Waals surface area (Å²) in [5.41, 5.74) is -2.66. The Morgan fingerprint density at radius 3 is 2.03 bits per heavy atom. The summed E-state index contributed by atoms with van der Waals surface area (Å²) in [6.07, 6.45) is -5.29. The van der Waals surface area contributed by atoms with Gasteiger partial charge < -0.3 is 5.11 Å². The second kappa shape index (κ2) is 9.05. The molecular formula is C20H19F6NO3S2. The Bertz CT molecular complexity index is 1080. The van der Waals surface area contributed by atoms with Crippen molar-refractivity contribution in [2.75, 3.05) is 4.72 Å². The van der Waals surface area contributed by atoms with E-state index in [0.29, 0.717) is 18.2 Å². The number of benzene rings is 2. The molecule has 0 unspecified atom stereocenters. The van der Waals surface area contributed by atoms with E-state index in [1.54, 1.807) is 0 Å². The Balaban J connectivity index is 1.92. The van der Waals surface area contributed by atoms with E-state index in [4.69, 9.17) is 0 Å². The first kappa shape index (κ1) is 24.6. The number of sulfonamides is 1. The monoisotopic (exact) mass is 499 g/mol. The average molecular weight is 499 g/mol. The zero-order chi connectivity index (χ0) is 23.7. The molecule has 176 valence electrons. The fourth-order valence-corrected chi connectivity index (χ4v) is 6.00. The van der Waals surface area contributed by atoms with Crippen molar-refractivity contribution in [3.63, 3.8) is 0 Å². The maximum absolute atomic E-state index is 13.5. The van der Waals surface area contributed by atoms with Gasteiger partial charge in [-0.25, -0.2) is 8.42 Å². The summed E-state index contributed by atoms with van der Waals surface area (Å²) >= 11 is 0.985. The largest absolute Gasteiger partial charge is 0.507 e. The number of aromatic hydroxyl groups is 1. The lowest BCUT2D eigenvalue weighted by atomic mass is 10.0. The summed E-state index contributed by atoms with van der Waals surface area (Å²) in [5.74, 6) is -1.18. The Hall–Kier alpha value is -2.08. The number of alkyl halides is 6. The Kier molecular flexibility index (Phi) is 6.94. The quantitative estimate of drug-likeness (QED) is 0.452. The van der Waals surface area contributed by atoms with Gasteiger partial charge in [-0.3, -0.25) is 4.72 Å². The third-order valence-electron chi connectivity index (χ3n) is 4.97. The van der Waals surface area contributed by atoms with E-state index in [1.807, 2.05) is 4.72 Å². The van der Waals surface area contributed by atoms with Crippen LogP contribution in [0.3, 0.4) is 0 Å². The van der Waals surface area contributed by atoms with Crippen LogP contribution in [-0.4, -0.2) is 18.8 Å². The van der Waals surface area contributed by atoms with Crippen molar-refractivity contribution in [1.82, 2.24) is 0 Å². The van der Waals surface area contributed by atoms with Crippen molar-refractivity contribution < 1.29 is 39.9 Å². The van der Waals surface area contributed by atoms with E-state index >= 15 is 0 Å². The standard InChI is InChI=1S/C20H19F6NO3S2/c21-19(22,23)15-8-6-12(10-17(15)28)27-32(29,30)14-7-9-16(20(24,25)26)18(11-14)31-13-4-2-1-3-5-13/h6-11,13,27-28H,1-5H2. The number of phenolic OH excluding ortho intramolecular Hbond substituents is 1. The summed E-state index contributed by atoms with van der Waals surface area (Å²) in [4.78, 5) is -0.689. The number of phenols is 1. The van der Waals surface area contributed by atoms with E-state index in [9.17, 15) is 39.9 Å². The van der Waals surface area contributed by atoms with Crippen LogP contribution in [0.25, 0.3) is 0 Å². The van der Waals surface area contributed by atoms with Gasteiger partial charge in [-0.1, -0.05) is 19.3 Å². The molecule has 2 N–H and O–H groups in total. The Morgan fingerprint density at radius 1 is 0.875 bits per heavy atom. The van der Waals surface area contributed by atoms with Crippen molar-refractivity contribution in [2.24, 2.45) is 0 Å². The molecule has 32 heavy (non-hydrogen) atoms. The fraction of sp³-hybridized carbons (Fsp3) is 0.400. The van der Waals surface area contributed by atoms with Crippen molar-refractivity contribution in [1.29, 1.82) is 0 Å². The minimum Gasteiger partial charge on any atom is -0.507 e. The number of nitrogens with one attached hydrogen (secondary N) is 1. The van der Waals surface area contributed by atoms with Gasteiger partial charge in [0.25, 0.3) is 10.0 Å². The van der Waals surface area contributed by atoms with Gasteiger partial charge in [-0.15, -0.1) is 11.8 Å². The molecule has 1 aliphatic rings. The molecule has 12 heteroatoms. The summed E-state index contributed by atoms with van der Waals surface area (Å²) in [5, 5.41) is 9.50. The molecule has 1 aliphatic carbocycles. The van der Waals surface area contributed by atoms with Crippen LogP contribution < -0.4 is 4.72 Å². The SMILES string of the molecule is O=S(=O)(Nc1ccc(C(F)(F)F)c(O)c1)c1ccc(C(F)(F)F)c(SC2CCCCC2)c1. The molecule has 0 heterocycles. The summed E-state index contributed by atoms with van der Waals surface area (Å²) in [7, 11) is -4.43. The van der Waals surface area contributed by atoms with E-state index in [-0.39, 0.29) is 15.8 Å². The van der Waals surface area contributed by atoms with Crippen LogP contribution >= 0.6 is 11.8 Å². The van der Waals surface area contributed by atoms with Crippen LogP contribution in [0.1, 0.15) is 43.2 Å². The number of hydrogen-bond donors (Lipinski definition) is 2. The van der Waals surface area contributed by atoms with Gasteiger partial charge in [0.2, 0.25) is 0 Å². The van der Waals surface area contributed by atoms with Crippen LogP contribution in [0.5, 0.6) is 5.75 Å². The molecule has 1 saturated carbocycles. The maximum Gasteiger partial charge on any atom is 0.419 e. The van der Waals surface area contributed by atoms with Crippen LogP contribution in [0, 0.1) is 0 Å². The van der Waals surface area contributed by atoms with E-state index in [2.05, 4.69) is 0 Å². The highest BCUT2D eigenvalue weighted by Crippen LogP contribution is 2.42. The third-order valence-corrected chi connectivity index (χ3v) is 7.75. The van der Waals surface area contributed by atoms with E-state index < -0.39 is 44.1 Å². The zero-order valence-corrected chi connectivity index (χ0v) is 18.1. The number of hydrogen-bond acceptors (Lipinski definition) is 4. The van der Waals surface area contributed by atoms with Gasteiger partial charge in [0, 0.05) is 16.2 Å². The van der Waals surface area contributed by atoms with Gasteiger partial charge in [-0.05, 0) is 43.2 Å². The smallest absolute Gasteiger partial charge is 0.419 e. The van der Waals surface area contributed by atoms with Crippen molar-refractivity contribution in [2.45, 2.75) is 59.5 Å².